The van der Waals surface area contributed by atoms with Gasteiger partial charge in [0.2, 0.25) is 5.91 Å². The minimum atomic E-state index is -0.872. The topological polar surface area (TPSA) is 70.8 Å². The van der Waals surface area contributed by atoms with Gasteiger partial charge in [0.15, 0.2) is 5.76 Å². The van der Waals surface area contributed by atoms with E-state index in [9.17, 15) is 14.4 Å². The lowest BCUT2D eigenvalue weighted by Crippen LogP contribution is -2.54. The van der Waals surface area contributed by atoms with Gasteiger partial charge >= 0.3 is 0 Å². The van der Waals surface area contributed by atoms with Gasteiger partial charge in [0, 0.05) is 10.0 Å². The van der Waals surface area contributed by atoms with Crippen molar-refractivity contribution in [1.82, 2.24) is 4.90 Å². The maximum atomic E-state index is 13.0. The molecule has 1 unspecified atom stereocenters. The predicted octanol–water partition coefficient (Wildman–Crippen LogP) is 3.61. The summed E-state index contributed by atoms with van der Waals surface area (Å²) in [6, 6.07) is 9.20. The minimum absolute atomic E-state index is 0.0569. The van der Waals surface area contributed by atoms with Crippen LogP contribution in [0.1, 0.15) is 37.7 Å². The Hall–Kier alpha value is -2.41. The van der Waals surface area contributed by atoms with E-state index in [-0.39, 0.29) is 18.1 Å². The summed E-state index contributed by atoms with van der Waals surface area (Å²) in [6.45, 7) is 5.48. The average Bonchev–Trinajstić information content (AvgIpc) is 3.17. The largest absolute Gasteiger partial charge is 0.459 e. The number of carbonyl (C=O) groups excluding carboxylic acids is 3. The van der Waals surface area contributed by atoms with Crippen LogP contribution in [0.5, 0.6) is 0 Å². The number of hydrogen-bond donors (Lipinski definition) is 0. The first-order chi connectivity index (χ1) is 12.2. The van der Waals surface area contributed by atoms with Gasteiger partial charge in [0.1, 0.15) is 6.04 Å². The summed E-state index contributed by atoms with van der Waals surface area (Å²) in [6.07, 6.45) is 1.35. The molecule has 2 heterocycles. The van der Waals surface area contributed by atoms with Gasteiger partial charge in [-0.05, 0) is 57.2 Å². The van der Waals surface area contributed by atoms with Crippen molar-refractivity contribution in [3.63, 3.8) is 0 Å². The highest BCUT2D eigenvalue weighted by atomic mass is 79.9. The molecule has 1 atom stereocenters. The van der Waals surface area contributed by atoms with Gasteiger partial charge in [0.05, 0.1) is 18.4 Å². The quantitative estimate of drug-likeness (QED) is 0.713. The summed E-state index contributed by atoms with van der Waals surface area (Å²) in [5.74, 6) is -1.01. The zero-order valence-corrected chi connectivity index (χ0v) is 16.3. The Morgan fingerprint density at radius 1 is 1.19 bits per heavy atom. The van der Waals surface area contributed by atoms with Crippen molar-refractivity contribution >= 4 is 39.3 Å². The summed E-state index contributed by atoms with van der Waals surface area (Å²) < 4.78 is 6.06. The fourth-order valence-corrected chi connectivity index (χ4v) is 3.38. The van der Waals surface area contributed by atoms with Crippen LogP contribution in [0, 0.1) is 0 Å². The molecule has 1 saturated heterocycles. The van der Waals surface area contributed by atoms with E-state index >= 15 is 0 Å². The van der Waals surface area contributed by atoms with Gasteiger partial charge in [-0.1, -0.05) is 15.9 Å². The normalized spacial score (nSPS) is 17.7. The maximum absolute atomic E-state index is 13.0. The standard InChI is InChI=1S/C19H19BrN2O4/c1-19(2,3)22(18(25)15-5-4-10-26-15)14-11-16(23)21(17(14)24)13-8-6-12(20)7-9-13/h4-10,14H,11H2,1-3H3. The molecule has 0 saturated carbocycles. The number of halogens is 1. The van der Waals surface area contributed by atoms with Crippen LogP contribution in [-0.4, -0.2) is 34.2 Å². The lowest BCUT2D eigenvalue weighted by atomic mass is 10.0. The van der Waals surface area contributed by atoms with Crippen LogP contribution in [-0.2, 0) is 9.59 Å². The SMILES string of the molecule is CC(C)(C)N(C(=O)c1ccco1)C1CC(=O)N(c2ccc(Br)cc2)C1=O. The summed E-state index contributed by atoms with van der Waals surface area (Å²) >= 11 is 3.33. The zero-order chi connectivity index (χ0) is 19.1. The average molecular weight is 419 g/mol. The van der Waals surface area contributed by atoms with Crippen LogP contribution in [0.2, 0.25) is 0 Å². The molecule has 6 nitrogen and oxygen atoms in total. The maximum Gasteiger partial charge on any atom is 0.290 e. The third kappa shape index (κ3) is 3.31. The number of anilines is 1. The number of amides is 3. The van der Waals surface area contributed by atoms with E-state index in [2.05, 4.69) is 15.9 Å². The first-order valence-corrected chi connectivity index (χ1v) is 8.99. The van der Waals surface area contributed by atoms with Crippen molar-refractivity contribution in [2.75, 3.05) is 4.90 Å². The highest BCUT2D eigenvalue weighted by molar-refractivity contribution is 9.10. The molecular formula is C19H19BrN2O4. The molecule has 26 heavy (non-hydrogen) atoms. The smallest absolute Gasteiger partial charge is 0.290 e. The van der Waals surface area contributed by atoms with E-state index in [1.807, 2.05) is 20.8 Å². The van der Waals surface area contributed by atoms with E-state index in [0.717, 1.165) is 9.37 Å². The van der Waals surface area contributed by atoms with Crippen molar-refractivity contribution in [2.45, 2.75) is 38.8 Å². The van der Waals surface area contributed by atoms with E-state index in [1.54, 1.807) is 36.4 Å². The number of nitrogens with zero attached hydrogens (tertiary/aromatic N) is 2. The van der Waals surface area contributed by atoms with Crippen LogP contribution in [0.4, 0.5) is 5.69 Å². The highest BCUT2D eigenvalue weighted by Gasteiger charge is 2.48. The number of rotatable bonds is 3. The summed E-state index contributed by atoms with van der Waals surface area (Å²) in [5.41, 5.74) is -0.176. The predicted molar refractivity (Wildman–Crippen MR) is 99.7 cm³/mol. The fraction of sp³-hybridized carbons (Fsp3) is 0.316. The molecule has 1 aliphatic rings. The van der Waals surface area contributed by atoms with Crippen LogP contribution in [0.3, 0.4) is 0 Å². The molecule has 1 aliphatic heterocycles. The zero-order valence-electron chi connectivity index (χ0n) is 14.7. The van der Waals surface area contributed by atoms with Crippen LogP contribution in [0.15, 0.2) is 51.6 Å². The van der Waals surface area contributed by atoms with Crippen molar-refractivity contribution in [2.24, 2.45) is 0 Å². The van der Waals surface area contributed by atoms with Crippen molar-refractivity contribution < 1.29 is 18.8 Å². The van der Waals surface area contributed by atoms with E-state index in [1.165, 1.54) is 11.2 Å². The molecule has 1 fully saturated rings. The van der Waals surface area contributed by atoms with Gasteiger partial charge in [-0.2, -0.15) is 0 Å². The molecule has 0 radical (unpaired) electrons. The van der Waals surface area contributed by atoms with Crippen molar-refractivity contribution in [3.8, 4) is 0 Å². The third-order valence-corrected chi connectivity index (χ3v) is 4.72. The molecule has 136 valence electrons. The molecule has 1 aromatic heterocycles. The van der Waals surface area contributed by atoms with E-state index in [4.69, 9.17) is 4.42 Å². The minimum Gasteiger partial charge on any atom is -0.459 e. The molecule has 0 bridgehead atoms. The monoisotopic (exact) mass is 418 g/mol. The lowest BCUT2D eigenvalue weighted by molar-refractivity contribution is -0.123. The number of carbonyl (C=O) groups is 3. The van der Waals surface area contributed by atoms with E-state index in [0.29, 0.717) is 5.69 Å². The Morgan fingerprint density at radius 3 is 2.38 bits per heavy atom. The first kappa shape index (κ1) is 18.4. The number of benzene rings is 1. The Bertz CT molecular complexity index is 837. The lowest BCUT2D eigenvalue weighted by Gasteiger charge is -2.38. The molecule has 1 aromatic carbocycles. The number of imide groups is 1. The Morgan fingerprint density at radius 2 is 1.85 bits per heavy atom. The van der Waals surface area contributed by atoms with Gasteiger partial charge < -0.3 is 9.32 Å². The van der Waals surface area contributed by atoms with Gasteiger partial charge in [-0.3, -0.25) is 14.4 Å². The van der Waals surface area contributed by atoms with Gasteiger partial charge in [-0.25, -0.2) is 4.90 Å². The van der Waals surface area contributed by atoms with E-state index < -0.39 is 23.4 Å². The van der Waals surface area contributed by atoms with Gasteiger partial charge in [0.25, 0.3) is 11.8 Å². The summed E-state index contributed by atoms with van der Waals surface area (Å²) in [4.78, 5) is 41.1. The number of furan rings is 1. The fourth-order valence-electron chi connectivity index (χ4n) is 3.11. The second-order valence-electron chi connectivity index (χ2n) is 7.09. The Kier molecular flexibility index (Phi) is 4.75. The molecular weight excluding hydrogens is 400 g/mol. The summed E-state index contributed by atoms with van der Waals surface area (Å²) in [7, 11) is 0. The van der Waals surface area contributed by atoms with Crippen LogP contribution < -0.4 is 4.90 Å². The summed E-state index contributed by atoms with van der Waals surface area (Å²) in [5, 5.41) is 0. The molecule has 0 spiro atoms. The van der Waals surface area contributed by atoms with Gasteiger partial charge in [-0.15, -0.1) is 0 Å². The van der Waals surface area contributed by atoms with Crippen molar-refractivity contribution in [3.05, 3.63) is 52.9 Å². The molecule has 7 heteroatoms. The highest BCUT2D eigenvalue weighted by Crippen LogP contribution is 2.31. The second-order valence-corrected chi connectivity index (χ2v) is 8.00. The van der Waals surface area contributed by atoms with Crippen LogP contribution in [0.25, 0.3) is 0 Å². The van der Waals surface area contributed by atoms with Crippen LogP contribution >= 0.6 is 15.9 Å². The second kappa shape index (κ2) is 6.72. The molecule has 3 amide bonds. The molecule has 3 rings (SSSR count). The number of hydrogen-bond acceptors (Lipinski definition) is 4. The molecule has 2 aromatic rings. The first-order valence-electron chi connectivity index (χ1n) is 8.19. The molecule has 0 N–H and O–H groups in total. The Balaban J connectivity index is 1.96. The molecule has 0 aliphatic carbocycles. The van der Waals surface area contributed by atoms with Crippen molar-refractivity contribution in [1.29, 1.82) is 0 Å². The Labute approximate surface area is 159 Å². The third-order valence-electron chi connectivity index (χ3n) is 4.19.